The van der Waals surface area contributed by atoms with E-state index in [4.69, 9.17) is 18.9 Å². The van der Waals surface area contributed by atoms with E-state index in [-0.39, 0.29) is 18.4 Å². The van der Waals surface area contributed by atoms with E-state index < -0.39 is 80.5 Å². The summed E-state index contributed by atoms with van der Waals surface area (Å²) in [5.41, 5.74) is -3.15. The Hall–Kier alpha value is -3.28. The molecule has 0 heterocycles. The highest BCUT2D eigenvalue weighted by molar-refractivity contribution is 8.18. The fourth-order valence-electron chi connectivity index (χ4n) is 10.9. The van der Waals surface area contributed by atoms with Gasteiger partial charge in [0, 0.05) is 47.8 Å². The molecule has 2 aromatic carbocycles. The molecule has 2 saturated carbocycles. The number of aliphatic hydroxyl groups is 1. The molecule has 0 aromatic heterocycles. The summed E-state index contributed by atoms with van der Waals surface area (Å²) < 4.78 is 24.8. The van der Waals surface area contributed by atoms with E-state index in [1.54, 1.807) is 6.92 Å². The second-order valence-electron chi connectivity index (χ2n) is 16.6. The highest BCUT2D eigenvalue weighted by Gasteiger charge is 2.75. The zero-order chi connectivity index (χ0) is 40.5. The molecule has 11 heteroatoms. The van der Waals surface area contributed by atoms with Gasteiger partial charge in [-0.15, -0.1) is 0 Å². The fraction of sp³-hybridized carbons (Fsp3) is 0.591. The molecule has 10 unspecified atom stereocenters. The Morgan fingerprint density at radius 1 is 0.836 bits per heavy atom. The van der Waals surface area contributed by atoms with Gasteiger partial charge in [-0.25, -0.2) is 4.79 Å². The third-order valence-electron chi connectivity index (χ3n) is 13.2. The van der Waals surface area contributed by atoms with Crippen LogP contribution in [-0.4, -0.2) is 64.1 Å². The third kappa shape index (κ3) is 7.99. The van der Waals surface area contributed by atoms with E-state index in [9.17, 15) is 24.3 Å². The van der Waals surface area contributed by atoms with Crippen molar-refractivity contribution in [1.29, 1.82) is 0 Å². The molecule has 10 atom stereocenters. The van der Waals surface area contributed by atoms with Gasteiger partial charge in [0.25, 0.3) is 0 Å². The Morgan fingerprint density at radius 3 is 1.84 bits per heavy atom. The second kappa shape index (κ2) is 16.7. The molecule has 0 aliphatic heterocycles. The Bertz CT molecular complexity index is 1700. The number of hydrogen-bond donors (Lipinski definition) is 1. The van der Waals surface area contributed by atoms with Gasteiger partial charge in [0.05, 0.1) is 11.0 Å². The highest BCUT2D eigenvalue weighted by Crippen LogP contribution is 2.72. The average Bonchev–Trinajstić information content (AvgIpc) is 3.10. The van der Waals surface area contributed by atoms with Crippen LogP contribution in [0.4, 0.5) is 0 Å². The first-order chi connectivity index (χ1) is 25.8. The van der Waals surface area contributed by atoms with Crippen molar-refractivity contribution in [3.05, 3.63) is 72.3 Å². The number of ether oxygens (including phenoxy) is 4. The molecule has 0 saturated heterocycles. The summed E-state index contributed by atoms with van der Waals surface area (Å²) in [6, 6.07) is 19.4. The third-order valence-corrected chi connectivity index (χ3v) is 15.7. The van der Waals surface area contributed by atoms with E-state index in [2.05, 4.69) is 13.8 Å². The van der Waals surface area contributed by atoms with Crippen LogP contribution in [-0.2, 0) is 38.1 Å². The molecule has 0 radical (unpaired) electrons. The smallest absolute Gasteiger partial charge is 0.330 e. The summed E-state index contributed by atoms with van der Waals surface area (Å²) in [4.78, 5) is 55.5. The minimum absolute atomic E-state index is 0.0918. The van der Waals surface area contributed by atoms with Crippen LogP contribution in [0.2, 0.25) is 0 Å². The average molecular weight is 795 g/mol. The Kier molecular flexibility index (Phi) is 13.0. The molecule has 3 aliphatic rings. The van der Waals surface area contributed by atoms with Crippen LogP contribution < -0.4 is 0 Å². The van der Waals surface area contributed by atoms with Crippen molar-refractivity contribution in [2.75, 3.05) is 6.61 Å². The van der Waals surface area contributed by atoms with Gasteiger partial charge < -0.3 is 24.1 Å². The van der Waals surface area contributed by atoms with Crippen molar-refractivity contribution < 1.29 is 43.2 Å². The number of carbonyl (C=O) groups excluding carboxylic acids is 4. The molecule has 5 rings (SSSR count). The number of thioether (sulfide) groups is 2. The fourth-order valence-corrected chi connectivity index (χ4v) is 13.3. The number of esters is 4. The second-order valence-corrected chi connectivity index (χ2v) is 19.3. The standard InChI is InChI=1S/C44H58O9S2/c1-11-33-41(8)23-22-34-42(9,35(51-28(5)45)24-27(4)43(34,10)49)37(41)36(52-29(6)46)38(53-30(7)47)44(33,26(2)3)25-50-39(48)40(54-31-18-14-12-15-19-31)55-32-20-16-13-17-21-32/h12-21,24,26,33-38,40,49H,11,22-23,25H2,1-10H3. The van der Waals surface area contributed by atoms with E-state index in [0.717, 1.165) is 9.79 Å². The molecule has 2 fully saturated rings. The van der Waals surface area contributed by atoms with Crippen molar-refractivity contribution in [2.24, 2.45) is 39.9 Å². The van der Waals surface area contributed by atoms with Gasteiger partial charge in [-0.1, -0.05) is 101 Å². The molecule has 55 heavy (non-hydrogen) atoms. The lowest BCUT2D eigenvalue weighted by atomic mass is 9.35. The van der Waals surface area contributed by atoms with Gasteiger partial charge >= 0.3 is 23.9 Å². The monoisotopic (exact) mass is 794 g/mol. The van der Waals surface area contributed by atoms with Gasteiger partial charge in [0.1, 0.15) is 24.9 Å². The largest absolute Gasteiger partial charge is 0.463 e. The minimum atomic E-state index is -1.25. The number of rotatable bonds is 12. The molecule has 2 aromatic rings. The zero-order valence-electron chi connectivity index (χ0n) is 33.8. The lowest BCUT2D eigenvalue weighted by molar-refractivity contribution is -0.305. The van der Waals surface area contributed by atoms with E-state index in [0.29, 0.717) is 24.8 Å². The van der Waals surface area contributed by atoms with E-state index in [1.807, 2.05) is 94.4 Å². The summed E-state index contributed by atoms with van der Waals surface area (Å²) >= 11 is 2.82. The van der Waals surface area contributed by atoms with Crippen LogP contribution in [0.3, 0.4) is 0 Å². The van der Waals surface area contributed by atoms with Gasteiger partial charge in [-0.2, -0.15) is 0 Å². The molecule has 300 valence electrons. The number of carbonyl (C=O) groups is 4. The summed E-state index contributed by atoms with van der Waals surface area (Å²) in [5.74, 6) is -3.41. The van der Waals surface area contributed by atoms with Crippen LogP contribution in [0.25, 0.3) is 0 Å². The van der Waals surface area contributed by atoms with Crippen molar-refractivity contribution in [2.45, 2.75) is 127 Å². The van der Waals surface area contributed by atoms with Crippen LogP contribution in [0.5, 0.6) is 0 Å². The molecule has 0 bridgehead atoms. The Morgan fingerprint density at radius 2 is 1.36 bits per heavy atom. The van der Waals surface area contributed by atoms with Crippen LogP contribution in [0, 0.1) is 39.9 Å². The SMILES string of the molecule is CCC1C2(C)CCC3C(C)(O)C(C)=CC(OC(C)=O)C3(C)C2C(OC(C)=O)C(OC(C)=O)C1(COC(=O)C(Sc1ccccc1)Sc1ccccc1)C(C)C. The maximum Gasteiger partial charge on any atom is 0.330 e. The van der Waals surface area contributed by atoms with Gasteiger partial charge in [0.15, 0.2) is 4.58 Å². The quantitative estimate of drug-likeness (QED) is 0.0730. The summed E-state index contributed by atoms with van der Waals surface area (Å²) in [6.07, 6.45) is 0.849. The molecular weight excluding hydrogens is 737 g/mol. The lowest BCUT2D eigenvalue weighted by Gasteiger charge is -2.71. The number of benzene rings is 2. The van der Waals surface area contributed by atoms with Gasteiger partial charge in [-0.3, -0.25) is 14.4 Å². The maximum absolute atomic E-state index is 14.5. The van der Waals surface area contributed by atoms with Gasteiger partial charge in [0.2, 0.25) is 0 Å². The molecule has 3 aliphatic carbocycles. The maximum atomic E-state index is 14.5. The van der Waals surface area contributed by atoms with Crippen molar-refractivity contribution >= 4 is 47.4 Å². The molecule has 0 amide bonds. The van der Waals surface area contributed by atoms with Gasteiger partial charge in [-0.05, 0) is 79.9 Å². The minimum Gasteiger partial charge on any atom is -0.463 e. The summed E-state index contributed by atoms with van der Waals surface area (Å²) in [6.45, 7) is 18.0. The van der Waals surface area contributed by atoms with Crippen molar-refractivity contribution in [3.63, 3.8) is 0 Å². The molecular formula is C44H58O9S2. The van der Waals surface area contributed by atoms with Crippen LogP contribution >= 0.6 is 23.5 Å². The molecule has 0 spiro atoms. The zero-order valence-corrected chi connectivity index (χ0v) is 35.5. The van der Waals surface area contributed by atoms with Crippen LogP contribution in [0.15, 0.2) is 82.1 Å². The lowest BCUT2D eigenvalue weighted by Crippen LogP contribution is -2.75. The topological polar surface area (TPSA) is 125 Å². The molecule has 9 nitrogen and oxygen atoms in total. The predicted molar refractivity (Wildman–Crippen MR) is 214 cm³/mol. The van der Waals surface area contributed by atoms with E-state index in [1.165, 1.54) is 44.3 Å². The normalized spacial score (nSPS) is 34.2. The van der Waals surface area contributed by atoms with Crippen LogP contribution in [0.1, 0.15) is 88.5 Å². The Labute approximate surface area is 335 Å². The number of fused-ring (bicyclic) bond motifs is 3. The highest BCUT2D eigenvalue weighted by atomic mass is 32.2. The van der Waals surface area contributed by atoms with E-state index >= 15 is 0 Å². The summed E-state index contributed by atoms with van der Waals surface area (Å²) in [5, 5.41) is 12.2. The predicted octanol–water partition coefficient (Wildman–Crippen LogP) is 8.67. The summed E-state index contributed by atoms with van der Waals surface area (Å²) in [7, 11) is 0. The van der Waals surface area contributed by atoms with Crippen molar-refractivity contribution in [1.82, 2.24) is 0 Å². The number of hydrogen-bond acceptors (Lipinski definition) is 11. The first kappa shape index (κ1) is 42.9. The molecule has 1 N–H and O–H groups in total. The first-order valence-corrected chi connectivity index (χ1v) is 21.1. The van der Waals surface area contributed by atoms with Crippen molar-refractivity contribution in [3.8, 4) is 0 Å². The first-order valence-electron chi connectivity index (χ1n) is 19.4. The Balaban J connectivity index is 1.66.